The normalized spacial score (nSPS) is 19.6. The zero-order valence-electron chi connectivity index (χ0n) is 28.9. The SMILES string of the molecule is CC(C)CC(NC(=O)N(Cc1ccccc1)C1CCN(C(=O)OC(C)(C)C)CC1)C(=O)NC(CC1CCNC1=O)C(=O)C(=O)NC1CC1. The van der Waals surface area contributed by atoms with Gasteiger partial charge in [-0.15, -0.1) is 0 Å². The number of likely N-dealkylation sites (tertiary alicyclic amines) is 1. The smallest absolute Gasteiger partial charge is 0.410 e. The molecular formula is C35H52N6O7. The average molecular weight is 669 g/mol. The summed E-state index contributed by atoms with van der Waals surface area (Å²) < 4.78 is 5.54. The predicted molar refractivity (Wildman–Crippen MR) is 178 cm³/mol. The number of Topliss-reactive ketones (excluding diaryl/α,β-unsaturated/α-hetero) is 1. The zero-order chi connectivity index (χ0) is 35.0. The number of carbonyl (C=O) groups is 6. The van der Waals surface area contributed by atoms with Gasteiger partial charge in [-0.1, -0.05) is 44.2 Å². The predicted octanol–water partition coefficient (Wildman–Crippen LogP) is 2.87. The number of urea groups is 1. The first-order valence-electron chi connectivity index (χ1n) is 17.2. The maximum Gasteiger partial charge on any atom is 0.410 e. The fraction of sp³-hybridized carbons (Fsp3) is 0.657. The highest BCUT2D eigenvalue weighted by Gasteiger charge is 2.38. The summed E-state index contributed by atoms with van der Waals surface area (Å²) in [5.74, 6) is -2.89. The molecule has 1 aromatic carbocycles. The van der Waals surface area contributed by atoms with Gasteiger partial charge in [0.25, 0.3) is 5.91 Å². The lowest BCUT2D eigenvalue weighted by Crippen LogP contribution is -2.58. The lowest BCUT2D eigenvalue weighted by atomic mass is 9.94. The molecular weight excluding hydrogens is 616 g/mol. The van der Waals surface area contributed by atoms with Gasteiger partial charge in [0.05, 0.1) is 6.04 Å². The number of piperidine rings is 1. The van der Waals surface area contributed by atoms with Gasteiger partial charge >= 0.3 is 12.1 Å². The van der Waals surface area contributed by atoms with E-state index in [1.165, 1.54) is 0 Å². The van der Waals surface area contributed by atoms with Crippen LogP contribution < -0.4 is 21.3 Å². The minimum Gasteiger partial charge on any atom is -0.444 e. The summed E-state index contributed by atoms with van der Waals surface area (Å²) in [7, 11) is 0. The van der Waals surface area contributed by atoms with Gasteiger partial charge in [0.15, 0.2) is 0 Å². The number of hydrogen-bond acceptors (Lipinski definition) is 7. The number of hydrogen-bond donors (Lipinski definition) is 4. The maximum absolute atomic E-state index is 14.1. The third-order valence-electron chi connectivity index (χ3n) is 8.79. The average Bonchev–Trinajstić information content (AvgIpc) is 3.76. The fourth-order valence-electron chi connectivity index (χ4n) is 6.07. The molecule has 3 unspecified atom stereocenters. The van der Waals surface area contributed by atoms with Crippen LogP contribution in [0.15, 0.2) is 30.3 Å². The van der Waals surface area contributed by atoms with Crippen LogP contribution in [0.1, 0.15) is 85.1 Å². The summed E-state index contributed by atoms with van der Waals surface area (Å²) in [6.07, 6.45) is 3.02. The van der Waals surface area contributed by atoms with Crippen molar-refractivity contribution < 1.29 is 33.5 Å². The molecule has 3 fully saturated rings. The number of rotatable bonds is 13. The van der Waals surface area contributed by atoms with Crippen LogP contribution in [0.3, 0.4) is 0 Å². The molecule has 264 valence electrons. The number of amides is 6. The van der Waals surface area contributed by atoms with E-state index in [-0.39, 0.29) is 36.8 Å². The van der Waals surface area contributed by atoms with Crippen LogP contribution in [-0.4, -0.2) is 94.8 Å². The molecule has 13 heteroatoms. The maximum atomic E-state index is 14.1. The molecule has 4 N–H and O–H groups in total. The van der Waals surface area contributed by atoms with Gasteiger partial charge in [-0.05, 0) is 77.2 Å². The number of nitrogens with zero attached hydrogens (tertiary/aromatic N) is 2. The van der Waals surface area contributed by atoms with Crippen molar-refractivity contribution in [2.24, 2.45) is 11.8 Å². The molecule has 13 nitrogen and oxygen atoms in total. The summed E-state index contributed by atoms with van der Waals surface area (Å²) >= 11 is 0. The molecule has 0 spiro atoms. The van der Waals surface area contributed by atoms with Crippen LogP contribution in [0.2, 0.25) is 0 Å². The highest BCUT2D eigenvalue weighted by Crippen LogP contribution is 2.23. The minimum atomic E-state index is -1.21. The number of ether oxygens (including phenoxy) is 1. The fourth-order valence-corrected chi connectivity index (χ4v) is 6.07. The highest BCUT2D eigenvalue weighted by molar-refractivity contribution is 6.38. The van der Waals surface area contributed by atoms with Crippen molar-refractivity contribution in [2.45, 2.75) is 116 Å². The van der Waals surface area contributed by atoms with E-state index < -0.39 is 53.3 Å². The van der Waals surface area contributed by atoms with E-state index in [0.717, 1.165) is 18.4 Å². The minimum absolute atomic E-state index is 0.00675. The highest BCUT2D eigenvalue weighted by atomic mass is 16.6. The summed E-state index contributed by atoms with van der Waals surface area (Å²) in [6, 6.07) is 6.62. The Bertz CT molecular complexity index is 1320. The quantitative estimate of drug-likeness (QED) is 0.235. The Morgan fingerprint density at radius 2 is 1.62 bits per heavy atom. The van der Waals surface area contributed by atoms with Crippen LogP contribution in [-0.2, 0) is 30.5 Å². The Balaban J connectivity index is 1.49. The van der Waals surface area contributed by atoms with Crippen molar-refractivity contribution in [1.29, 1.82) is 0 Å². The molecule has 1 aromatic rings. The van der Waals surface area contributed by atoms with Crippen LogP contribution in [0.4, 0.5) is 9.59 Å². The van der Waals surface area contributed by atoms with Gasteiger partial charge in [-0.3, -0.25) is 19.2 Å². The van der Waals surface area contributed by atoms with Crippen LogP contribution in [0, 0.1) is 11.8 Å². The van der Waals surface area contributed by atoms with Crippen LogP contribution in [0.25, 0.3) is 0 Å². The van der Waals surface area contributed by atoms with Crippen molar-refractivity contribution in [1.82, 2.24) is 31.1 Å². The van der Waals surface area contributed by atoms with Crippen molar-refractivity contribution in [2.75, 3.05) is 19.6 Å². The molecule has 2 heterocycles. The Morgan fingerprint density at radius 3 is 2.19 bits per heavy atom. The monoisotopic (exact) mass is 668 g/mol. The standard InChI is InChI=1S/C35H52N6O7/c1-22(2)19-28(31(44)38-27(20-24-13-16-36-30(24)43)29(42)32(45)37-25-11-12-25)39-33(46)41(21-23-9-7-6-8-10-23)26-14-17-40(18-15-26)34(47)48-35(3,4)5/h6-10,22,24-28H,11-21H2,1-5H3,(H,36,43)(H,37,45)(H,38,44)(H,39,46). The molecule has 2 saturated heterocycles. The number of ketones is 1. The first-order valence-corrected chi connectivity index (χ1v) is 17.2. The lowest BCUT2D eigenvalue weighted by molar-refractivity contribution is -0.141. The molecule has 3 aliphatic rings. The van der Waals surface area contributed by atoms with E-state index >= 15 is 0 Å². The van der Waals surface area contributed by atoms with E-state index in [1.54, 1.807) is 9.80 Å². The van der Waals surface area contributed by atoms with Gasteiger partial charge in [0.1, 0.15) is 11.6 Å². The first-order chi connectivity index (χ1) is 22.7. The van der Waals surface area contributed by atoms with E-state index in [1.807, 2.05) is 65.0 Å². The van der Waals surface area contributed by atoms with E-state index in [2.05, 4.69) is 21.3 Å². The molecule has 0 radical (unpaired) electrons. The van der Waals surface area contributed by atoms with Crippen molar-refractivity contribution in [3.63, 3.8) is 0 Å². The summed E-state index contributed by atoms with van der Waals surface area (Å²) in [4.78, 5) is 82.4. The molecule has 1 aliphatic carbocycles. The summed E-state index contributed by atoms with van der Waals surface area (Å²) in [5, 5.41) is 11.1. The summed E-state index contributed by atoms with van der Waals surface area (Å²) in [6.45, 7) is 10.9. The second-order valence-electron chi connectivity index (χ2n) is 14.6. The van der Waals surface area contributed by atoms with Gasteiger partial charge in [-0.25, -0.2) is 9.59 Å². The Kier molecular flexibility index (Phi) is 12.4. The second-order valence-corrected chi connectivity index (χ2v) is 14.6. The third-order valence-corrected chi connectivity index (χ3v) is 8.79. The Labute approximate surface area is 283 Å². The third kappa shape index (κ3) is 10.9. The first kappa shape index (κ1) is 36.7. The molecule has 2 aliphatic heterocycles. The lowest BCUT2D eigenvalue weighted by Gasteiger charge is -2.39. The molecule has 0 bridgehead atoms. The Hall–Kier alpha value is -4.16. The zero-order valence-corrected chi connectivity index (χ0v) is 28.9. The van der Waals surface area contributed by atoms with Crippen LogP contribution in [0.5, 0.6) is 0 Å². The molecule has 6 amide bonds. The molecule has 48 heavy (non-hydrogen) atoms. The molecule has 1 saturated carbocycles. The van der Waals surface area contributed by atoms with Crippen molar-refractivity contribution >= 4 is 35.6 Å². The Morgan fingerprint density at radius 1 is 0.958 bits per heavy atom. The van der Waals surface area contributed by atoms with Crippen molar-refractivity contribution in [3.05, 3.63) is 35.9 Å². The van der Waals surface area contributed by atoms with Gasteiger partial charge in [0, 0.05) is 44.2 Å². The molecule has 4 rings (SSSR count). The summed E-state index contributed by atoms with van der Waals surface area (Å²) in [5.41, 5.74) is 0.294. The largest absolute Gasteiger partial charge is 0.444 e. The topological polar surface area (TPSA) is 166 Å². The second kappa shape index (κ2) is 16.3. The van der Waals surface area contributed by atoms with Gasteiger partial charge in [0.2, 0.25) is 17.6 Å². The van der Waals surface area contributed by atoms with Crippen molar-refractivity contribution in [3.8, 4) is 0 Å². The number of nitrogens with one attached hydrogen (secondary N) is 4. The van der Waals surface area contributed by atoms with Gasteiger partial charge in [-0.2, -0.15) is 0 Å². The van der Waals surface area contributed by atoms with Gasteiger partial charge < -0.3 is 35.8 Å². The van der Waals surface area contributed by atoms with Crippen LogP contribution >= 0.6 is 0 Å². The molecule has 3 atom stereocenters. The van der Waals surface area contributed by atoms with E-state index in [9.17, 15) is 28.8 Å². The number of carbonyl (C=O) groups excluding carboxylic acids is 6. The molecule has 0 aromatic heterocycles. The van der Waals surface area contributed by atoms with E-state index in [4.69, 9.17) is 4.74 Å². The van der Waals surface area contributed by atoms with E-state index in [0.29, 0.717) is 45.4 Å². The number of benzene rings is 1.